The van der Waals surface area contributed by atoms with Crippen LogP contribution in [0.2, 0.25) is 10.0 Å². The maximum absolute atomic E-state index is 13.1. The number of alkyl halides is 5. The topological polar surface area (TPSA) is 46.2 Å². The average Bonchev–Trinajstić information content (AvgIpc) is 3.15. The van der Waals surface area contributed by atoms with E-state index < -0.39 is 45.2 Å². The van der Waals surface area contributed by atoms with Crippen LogP contribution in [-0.4, -0.2) is 16.0 Å². The van der Waals surface area contributed by atoms with Gasteiger partial charge >= 0.3 is 6.18 Å². The van der Waals surface area contributed by atoms with Gasteiger partial charge in [-0.15, -0.1) is 23.2 Å². The SMILES string of the molecule is CC(=O)c1cc(NC(=O)C2C(c3cc(Cl)cc(Cl)c3)C2(Cl)Cl)ccc1C(F)(F)F. The van der Waals surface area contributed by atoms with E-state index in [9.17, 15) is 22.8 Å². The zero-order valence-corrected chi connectivity index (χ0v) is 17.6. The summed E-state index contributed by atoms with van der Waals surface area (Å²) in [7, 11) is 0. The molecule has 0 heterocycles. The molecule has 1 N–H and O–H groups in total. The lowest BCUT2D eigenvalue weighted by Crippen LogP contribution is -2.18. The first-order chi connectivity index (χ1) is 13.3. The summed E-state index contributed by atoms with van der Waals surface area (Å²) in [5.41, 5.74) is -1.05. The van der Waals surface area contributed by atoms with Gasteiger partial charge in [0.1, 0.15) is 4.33 Å². The summed E-state index contributed by atoms with van der Waals surface area (Å²) in [6.07, 6.45) is -4.70. The largest absolute Gasteiger partial charge is 0.417 e. The van der Waals surface area contributed by atoms with Crippen LogP contribution < -0.4 is 5.32 Å². The quantitative estimate of drug-likeness (QED) is 0.385. The summed E-state index contributed by atoms with van der Waals surface area (Å²) in [5.74, 6) is -2.88. The Morgan fingerprint density at radius 1 is 1.03 bits per heavy atom. The lowest BCUT2D eigenvalue weighted by molar-refractivity contribution is -0.137. The smallest absolute Gasteiger partial charge is 0.326 e. The minimum absolute atomic E-state index is 0.0205. The number of hydrogen-bond acceptors (Lipinski definition) is 2. The minimum atomic E-state index is -4.70. The predicted molar refractivity (Wildman–Crippen MR) is 107 cm³/mol. The molecule has 2 aromatic rings. The Balaban J connectivity index is 1.85. The molecule has 0 bridgehead atoms. The van der Waals surface area contributed by atoms with Gasteiger partial charge in [-0.25, -0.2) is 0 Å². The van der Waals surface area contributed by atoms with Crippen LogP contribution in [0.5, 0.6) is 0 Å². The molecule has 2 atom stereocenters. The number of amides is 1. The number of ketones is 1. The number of hydrogen-bond donors (Lipinski definition) is 1. The minimum Gasteiger partial charge on any atom is -0.326 e. The lowest BCUT2D eigenvalue weighted by atomic mass is 10.0. The Labute approximate surface area is 184 Å². The summed E-state index contributed by atoms with van der Waals surface area (Å²) < 4.78 is 37.7. The maximum Gasteiger partial charge on any atom is 0.417 e. The number of anilines is 1. The second kappa shape index (κ2) is 7.65. The third kappa shape index (κ3) is 4.50. The average molecular weight is 485 g/mol. The fourth-order valence-corrected chi connectivity index (χ4v) is 4.57. The molecule has 3 rings (SSSR count). The molecule has 1 aliphatic rings. The number of carbonyl (C=O) groups excluding carboxylic acids is 2. The highest BCUT2D eigenvalue weighted by molar-refractivity contribution is 6.53. The molecule has 0 radical (unpaired) electrons. The highest BCUT2D eigenvalue weighted by Crippen LogP contribution is 2.65. The van der Waals surface area contributed by atoms with Gasteiger partial charge in [-0.2, -0.15) is 13.2 Å². The zero-order valence-electron chi connectivity index (χ0n) is 14.6. The van der Waals surface area contributed by atoms with E-state index in [0.717, 1.165) is 25.1 Å². The van der Waals surface area contributed by atoms with Crippen LogP contribution in [0.1, 0.15) is 34.3 Å². The van der Waals surface area contributed by atoms with E-state index in [2.05, 4.69) is 5.32 Å². The van der Waals surface area contributed by atoms with Gasteiger partial charge in [-0.1, -0.05) is 23.2 Å². The number of Topliss-reactive ketones (excluding diaryl/α,β-unsaturated/α-hetero) is 1. The molecule has 2 aromatic carbocycles. The van der Waals surface area contributed by atoms with Crippen molar-refractivity contribution in [3.63, 3.8) is 0 Å². The van der Waals surface area contributed by atoms with Gasteiger partial charge in [0.05, 0.1) is 11.5 Å². The maximum atomic E-state index is 13.1. The van der Waals surface area contributed by atoms with Gasteiger partial charge in [0.2, 0.25) is 5.91 Å². The second-order valence-electron chi connectivity index (χ2n) is 6.64. The first kappa shape index (κ1) is 22.2. The molecule has 1 amide bonds. The Morgan fingerprint density at radius 2 is 1.62 bits per heavy atom. The van der Waals surface area contributed by atoms with Crippen LogP contribution in [0.25, 0.3) is 0 Å². The first-order valence-corrected chi connectivity index (χ1v) is 9.70. The molecule has 0 aromatic heterocycles. The van der Waals surface area contributed by atoms with Crippen molar-refractivity contribution < 1.29 is 22.8 Å². The van der Waals surface area contributed by atoms with Gasteiger partial charge in [-0.05, 0) is 48.9 Å². The number of nitrogens with one attached hydrogen (secondary N) is 1. The molecule has 1 fully saturated rings. The van der Waals surface area contributed by atoms with Crippen molar-refractivity contribution in [3.8, 4) is 0 Å². The Kier molecular flexibility index (Phi) is 5.86. The lowest BCUT2D eigenvalue weighted by Gasteiger charge is -2.13. The molecule has 0 spiro atoms. The van der Waals surface area contributed by atoms with Crippen molar-refractivity contribution in [1.82, 2.24) is 0 Å². The third-order valence-electron chi connectivity index (χ3n) is 4.55. The fraction of sp³-hybridized carbons (Fsp3) is 0.263. The van der Waals surface area contributed by atoms with E-state index in [1.807, 2.05) is 0 Å². The normalized spacial score (nSPS) is 20.3. The van der Waals surface area contributed by atoms with Crippen molar-refractivity contribution in [1.29, 1.82) is 0 Å². The number of rotatable bonds is 4. The van der Waals surface area contributed by atoms with Crippen molar-refractivity contribution in [2.75, 3.05) is 5.32 Å². The van der Waals surface area contributed by atoms with Crippen LogP contribution in [0.4, 0.5) is 18.9 Å². The zero-order chi connectivity index (χ0) is 21.7. The van der Waals surface area contributed by atoms with E-state index in [-0.39, 0.29) is 5.69 Å². The van der Waals surface area contributed by atoms with Crippen LogP contribution in [0, 0.1) is 5.92 Å². The molecular weight excluding hydrogens is 473 g/mol. The van der Waals surface area contributed by atoms with Gasteiger partial charge in [0.25, 0.3) is 0 Å². The van der Waals surface area contributed by atoms with Crippen molar-refractivity contribution in [3.05, 3.63) is 63.1 Å². The van der Waals surface area contributed by atoms with Crippen molar-refractivity contribution >= 4 is 63.8 Å². The van der Waals surface area contributed by atoms with Crippen LogP contribution in [0.15, 0.2) is 36.4 Å². The predicted octanol–water partition coefficient (Wildman–Crippen LogP) is 6.74. The van der Waals surface area contributed by atoms with Gasteiger partial charge in [-0.3, -0.25) is 9.59 Å². The molecule has 2 unspecified atom stereocenters. The molecule has 10 heteroatoms. The van der Waals surface area contributed by atoms with Gasteiger partial charge in [0, 0.05) is 27.2 Å². The van der Waals surface area contributed by atoms with E-state index in [4.69, 9.17) is 46.4 Å². The first-order valence-electron chi connectivity index (χ1n) is 8.19. The Hall–Kier alpha value is -1.47. The molecule has 3 nitrogen and oxygen atoms in total. The van der Waals surface area contributed by atoms with E-state index in [0.29, 0.717) is 15.6 Å². The summed E-state index contributed by atoms with van der Waals surface area (Å²) in [6.45, 7) is 1.01. The summed E-state index contributed by atoms with van der Waals surface area (Å²) in [5, 5.41) is 3.16. The van der Waals surface area contributed by atoms with E-state index in [1.54, 1.807) is 12.1 Å². The van der Waals surface area contributed by atoms with Crippen LogP contribution in [0.3, 0.4) is 0 Å². The molecule has 1 aliphatic carbocycles. The summed E-state index contributed by atoms with van der Waals surface area (Å²) in [6, 6.07) is 7.45. The molecule has 1 saturated carbocycles. The Morgan fingerprint density at radius 3 is 2.14 bits per heavy atom. The van der Waals surface area contributed by atoms with Crippen molar-refractivity contribution in [2.45, 2.75) is 23.4 Å². The number of carbonyl (C=O) groups is 2. The molecular formula is C19H12Cl4F3NO2. The fourth-order valence-electron chi connectivity index (χ4n) is 3.20. The highest BCUT2D eigenvalue weighted by Gasteiger charge is 2.67. The third-order valence-corrected chi connectivity index (χ3v) is 5.93. The standard InChI is InChI=1S/C19H12Cl4F3NO2/c1-8(28)13-7-12(2-3-14(13)19(24,25)26)27-17(29)16-15(18(16,22)23)9-4-10(20)6-11(21)5-9/h2-7,15-16H,1H3,(H,27,29). The Bertz CT molecular complexity index is 987. The van der Waals surface area contributed by atoms with Gasteiger partial charge < -0.3 is 5.32 Å². The molecule has 0 aliphatic heterocycles. The van der Waals surface area contributed by atoms with E-state index in [1.165, 1.54) is 6.07 Å². The second-order valence-corrected chi connectivity index (χ2v) is 8.95. The number of benzene rings is 2. The molecule has 154 valence electrons. The van der Waals surface area contributed by atoms with E-state index >= 15 is 0 Å². The summed E-state index contributed by atoms with van der Waals surface area (Å²) >= 11 is 24.5. The molecule has 29 heavy (non-hydrogen) atoms. The van der Waals surface area contributed by atoms with Crippen molar-refractivity contribution in [2.24, 2.45) is 5.92 Å². The van der Waals surface area contributed by atoms with Gasteiger partial charge in [0.15, 0.2) is 5.78 Å². The van der Waals surface area contributed by atoms with Crippen LogP contribution in [-0.2, 0) is 11.0 Å². The highest BCUT2D eigenvalue weighted by atomic mass is 35.5. The number of halogens is 7. The molecule has 0 saturated heterocycles. The summed E-state index contributed by atoms with van der Waals surface area (Å²) in [4.78, 5) is 24.3. The monoisotopic (exact) mass is 483 g/mol. The van der Waals surface area contributed by atoms with Crippen LogP contribution >= 0.6 is 46.4 Å².